The van der Waals surface area contributed by atoms with Gasteiger partial charge in [0.25, 0.3) is 0 Å². The molecule has 0 unspecified atom stereocenters. The summed E-state index contributed by atoms with van der Waals surface area (Å²) in [6.45, 7) is 4.81. The van der Waals surface area contributed by atoms with E-state index in [0.717, 1.165) is 39.1 Å². The molecule has 0 aliphatic carbocycles. The zero-order valence-corrected chi connectivity index (χ0v) is 12.6. The van der Waals surface area contributed by atoms with Crippen molar-refractivity contribution in [3.8, 4) is 0 Å². The fourth-order valence-corrected chi connectivity index (χ4v) is 2.97. The van der Waals surface area contributed by atoms with Crippen LogP contribution in [-0.4, -0.2) is 61.3 Å². The van der Waals surface area contributed by atoms with E-state index in [1.54, 1.807) is 23.1 Å². The molecule has 22 heavy (non-hydrogen) atoms. The molecule has 0 saturated carbocycles. The van der Waals surface area contributed by atoms with E-state index in [9.17, 15) is 9.18 Å². The molecule has 6 heteroatoms. The molecule has 2 amide bonds. The lowest BCUT2D eigenvalue weighted by Crippen LogP contribution is -2.51. The van der Waals surface area contributed by atoms with Crippen LogP contribution in [0.4, 0.5) is 14.9 Å². The molecule has 2 aliphatic rings. The Balaban J connectivity index is 1.46. The molecule has 3 rings (SSSR count). The Kier molecular flexibility index (Phi) is 4.90. The first-order valence-corrected chi connectivity index (χ1v) is 7.87. The van der Waals surface area contributed by atoms with Gasteiger partial charge in [0, 0.05) is 39.3 Å². The lowest BCUT2D eigenvalue weighted by atomic mass is 10.2. The summed E-state index contributed by atoms with van der Waals surface area (Å²) in [6, 6.07) is 5.99. The number of hydrogen-bond acceptors (Lipinski definition) is 3. The van der Waals surface area contributed by atoms with Gasteiger partial charge in [0.1, 0.15) is 5.82 Å². The van der Waals surface area contributed by atoms with Gasteiger partial charge in [-0.05, 0) is 25.0 Å². The van der Waals surface area contributed by atoms with Gasteiger partial charge in [0.05, 0.1) is 11.8 Å². The van der Waals surface area contributed by atoms with Crippen LogP contribution in [0.2, 0.25) is 0 Å². The third-order valence-electron chi connectivity index (χ3n) is 4.26. The zero-order valence-electron chi connectivity index (χ0n) is 12.6. The summed E-state index contributed by atoms with van der Waals surface area (Å²) in [5.41, 5.74) is 0.231. The molecule has 2 fully saturated rings. The highest BCUT2D eigenvalue weighted by molar-refractivity contribution is 5.89. The van der Waals surface area contributed by atoms with Crippen molar-refractivity contribution in [2.24, 2.45) is 0 Å². The topological polar surface area (TPSA) is 44.8 Å². The summed E-state index contributed by atoms with van der Waals surface area (Å²) < 4.78 is 19.2. The predicted octanol–water partition coefficient (Wildman–Crippen LogP) is 2.15. The Hall–Kier alpha value is -1.66. The predicted molar refractivity (Wildman–Crippen MR) is 82.4 cm³/mol. The normalized spacial score (nSPS) is 22.8. The van der Waals surface area contributed by atoms with Crippen LogP contribution < -0.4 is 5.32 Å². The van der Waals surface area contributed by atoms with Crippen molar-refractivity contribution < 1.29 is 13.9 Å². The number of halogens is 1. The van der Waals surface area contributed by atoms with Crippen LogP contribution in [0.1, 0.15) is 12.8 Å². The van der Waals surface area contributed by atoms with E-state index in [4.69, 9.17) is 4.74 Å². The van der Waals surface area contributed by atoms with Crippen LogP contribution in [0.25, 0.3) is 0 Å². The largest absolute Gasteiger partial charge is 0.377 e. The number of piperazine rings is 1. The second-order valence-corrected chi connectivity index (χ2v) is 5.83. The molecule has 0 spiro atoms. The molecule has 1 aromatic carbocycles. The number of para-hydroxylation sites is 1. The van der Waals surface area contributed by atoms with E-state index in [1.807, 2.05) is 0 Å². The molecule has 5 nitrogen and oxygen atoms in total. The molecule has 2 aliphatic heterocycles. The van der Waals surface area contributed by atoms with Gasteiger partial charge in [-0.2, -0.15) is 0 Å². The summed E-state index contributed by atoms with van der Waals surface area (Å²) in [6.07, 6.45) is 2.63. The van der Waals surface area contributed by atoms with Gasteiger partial charge in [-0.15, -0.1) is 0 Å². The Morgan fingerprint density at radius 2 is 2.05 bits per heavy atom. The number of hydrogen-bond donors (Lipinski definition) is 1. The molecular weight excluding hydrogens is 285 g/mol. The van der Waals surface area contributed by atoms with Crippen LogP contribution in [0.5, 0.6) is 0 Å². The maximum Gasteiger partial charge on any atom is 0.322 e. The van der Waals surface area contributed by atoms with E-state index in [-0.39, 0.29) is 11.7 Å². The molecule has 2 saturated heterocycles. The number of benzene rings is 1. The quantitative estimate of drug-likeness (QED) is 0.930. The standard InChI is InChI=1S/C16H22FN3O2/c17-14-5-1-2-6-15(14)18-16(21)20-9-7-19(8-10-20)12-13-4-3-11-22-13/h1-2,5-6,13H,3-4,7-12H2,(H,18,21)/t13-/m1/s1. The summed E-state index contributed by atoms with van der Waals surface area (Å²) >= 11 is 0. The van der Waals surface area contributed by atoms with Crippen molar-refractivity contribution in [3.63, 3.8) is 0 Å². The number of amides is 2. The first-order chi connectivity index (χ1) is 10.7. The highest BCUT2D eigenvalue weighted by Gasteiger charge is 2.25. The van der Waals surface area contributed by atoms with E-state index < -0.39 is 5.82 Å². The second kappa shape index (κ2) is 7.07. The molecule has 1 atom stereocenters. The van der Waals surface area contributed by atoms with E-state index in [0.29, 0.717) is 19.2 Å². The zero-order chi connectivity index (χ0) is 15.4. The van der Waals surface area contributed by atoms with Crippen molar-refractivity contribution in [2.45, 2.75) is 18.9 Å². The SMILES string of the molecule is O=C(Nc1ccccc1F)N1CCN(C[C@H]2CCCO2)CC1. The second-order valence-electron chi connectivity index (χ2n) is 5.83. The lowest BCUT2D eigenvalue weighted by molar-refractivity contribution is 0.0571. The van der Waals surface area contributed by atoms with Crippen molar-refractivity contribution in [3.05, 3.63) is 30.1 Å². The molecule has 1 aromatic rings. The van der Waals surface area contributed by atoms with Crippen LogP contribution >= 0.6 is 0 Å². The van der Waals surface area contributed by atoms with Crippen molar-refractivity contribution in [2.75, 3.05) is 44.6 Å². The number of urea groups is 1. The smallest absolute Gasteiger partial charge is 0.322 e. The van der Waals surface area contributed by atoms with E-state index >= 15 is 0 Å². The van der Waals surface area contributed by atoms with Crippen molar-refractivity contribution in [1.29, 1.82) is 0 Å². The third kappa shape index (κ3) is 3.75. The molecule has 0 aromatic heterocycles. The van der Waals surface area contributed by atoms with E-state index in [2.05, 4.69) is 10.2 Å². The monoisotopic (exact) mass is 307 g/mol. The van der Waals surface area contributed by atoms with Gasteiger partial charge in [0.15, 0.2) is 0 Å². The number of anilines is 1. The maximum absolute atomic E-state index is 13.6. The highest BCUT2D eigenvalue weighted by Crippen LogP contribution is 2.16. The molecule has 1 N–H and O–H groups in total. The minimum atomic E-state index is -0.409. The van der Waals surface area contributed by atoms with Gasteiger partial charge in [-0.25, -0.2) is 9.18 Å². The minimum Gasteiger partial charge on any atom is -0.377 e. The summed E-state index contributed by atoms with van der Waals surface area (Å²) in [4.78, 5) is 16.2. The Labute approximate surface area is 130 Å². The number of rotatable bonds is 3. The molecule has 120 valence electrons. The van der Waals surface area contributed by atoms with E-state index in [1.165, 1.54) is 6.07 Å². The average Bonchev–Trinajstić information content (AvgIpc) is 3.03. The fourth-order valence-electron chi connectivity index (χ4n) is 2.97. The van der Waals surface area contributed by atoms with Crippen LogP contribution in [0.3, 0.4) is 0 Å². The number of ether oxygens (including phenoxy) is 1. The molecular formula is C16H22FN3O2. The van der Waals surface area contributed by atoms with Gasteiger partial charge >= 0.3 is 6.03 Å². The summed E-state index contributed by atoms with van der Waals surface area (Å²) in [5, 5.41) is 2.64. The molecule has 2 heterocycles. The Morgan fingerprint density at radius 1 is 1.27 bits per heavy atom. The van der Waals surface area contributed by atoms with Gasteiger partial charge in [0.2, 0.25) is 0 Å². The number of carbonyl (C=O) groups excluding carboxylic acids is 1. The van der Waals surface area contributed by atoms with Crippen molar-refractivity contribution in [1.82, 2.24) is 9.80 Å². The van der Waals surface area contributed by atoms with Gasteiger partial charge < -0.3 is 15.0 Å². The first kappa shape index (κ1) is 15.2. The molecule has 0 radical (unpaired) electrons. The highest BCUT2D eigenvalue weighted by atomic mass is 19.1. The van der Waals surface area contributed by atoms with Gasteiger partial charge in [-0.3, -0.25) is 4.90 Å². The molecule has 0 bridgehead atoms. The lowest BCUT2D eigenvalue weighted by Gasteiger charge is -2.35. The number of nitrogens with zero attached hydrogens (tertiary/aromatic N) is 2. The van der Waals surface area contributed by atoms with Crippen molar-refractivity contribution >= 4 is 11.7 Å². The Morgan fingerprint density at radius 3 is 2.73 bits per heavy atom. The Bertz CT molecular complexity index is 512. The number of nitrogens with one attached hydrogen (secondary N) is 1. The fraction of sp³-hybridized carbons (Fsp3) is 0.562. The maximum atomic E-state index is 13.6. The van der Waals surface area contributed by atoms with Crippen LogP contribution in [-0.2, 0) is 4.74 Å². The third-order valence-corrected chi connectivity index (χ3v) is 4.26. The van der Waals surface area contributed by atoms with Gasteiger partial charge in [-0.1, -0.05) is 12.1 Å². The summed E-state index contributed by atoms with van der Waals surface area (Å²) in [5.74, 6) is -0.409. The summed E-state index contributed by atoms with van der Waals surface area (Å²) in [7, 11) is 0. The minimum absolute atomic E-state index is 0.231. The number of carbonyl (C=O) groups is 1. The van der Waals surface area contributed by atoms with Crippen LogP contribution in [0, 0.1) is 5.82 Å². The van der Waals surface area contributed by atoms with Crippen LogP contribution in [0.15, 0.2) is 24.3 Å². The average molecular weight is 307 g/mol. The first-order valence-electron chi connectivity index (χ1n) is 7.87.